The van der Waals surface area contributed by atoms with Crippen molar-refractivity contribution >= 4 is 39.9 Å². The number of pyridine rings is 1. The summed E-state index contributed by atoms with van der Waals surface area (Å²) in [5, 5.41) is 4.88. The molecular weight excluding hydrogens is 364 g/mol. The highest BCUT2D eigenvalue weighted by atomic mass is 35.5. The molecule has 0 spiro atoms. The van der Waals surface area contributed by atoms with Gasteiger partial charge in [-0.1, -0.05) is 17.7 Å². The number of anilines is 2. The Bertz CT molecular complexity index is 1010. The molecule has 7 heteroatoms. The molecule has 1 aromatic carbocycles. The largest absolute Gasteiger partial charge is 0.378 e. The molecule has 2 aromatic heterocycles. The van der Waals surface area contributed by atoms with Gasteiger partial charge in [0, 0.05) is 48.1 Å². The van der Waals surface area contributed by atoms with Crippen molar-refractivity contribution in [3.05, 3.63) is 52.8 Å². The number of hydrogen-bond acceptors (Lipinski definition) is 4. The minimum absolute atomic E-state index is 0.00805. The minimum atomic E-state index is -0.00805. The molecule has 4 rings (SSSR count). The molecule has 0 radical (unpaired) electrons. The molecule has 0 saturated carbocycles. The number of rotatable bonds is 3. The molecule has 0 atom stereocenters. The van der Waals surface area contributed by atoms with Crippen LogP contribution >= 0.6 is 11.6 Å². The monoisotopic (exact) mass is 384 g/mol. The van der Waals surface area contributed by atoms with Gasteiger partial charge in [0.05, 0.1) is 24.3 Å². The lowest BCUT2D eigenvalue weighted by atomic mass is 10.1. The summed E-state index contributed by atoms with van der Waals surface area (Å²) in [5.41, 5.74) is 3.40. The second-order valence-electron chi connectivity index (χ2n) is 6.67. The van der Waals surface area contributed by atoms with Gasteiger partial charge in [-0.3, -0.25) is 4.79 Å². The maximum absolute atomic E-state index is 13.1. The van der Waals surface area contributed by atoms with Crippen molar-refractivity contribution in [2.45, 2.75) is 6.92 Å². The second kappa shape index (κ2) is 7.21. The fourth-order valence-corrected chi connectivity index (χ4v) is 3.58. The number of morpholine rings is 1. The van der Waals surface area contributed by atoms with Gasteiger partial charge in [-0.05, 0) is 31.2 Å². The summed E-state index contributed by atoms with van der Waals surface area (Å²) < 4.78 is 7.40. The zero-order valence-electron chi connectivity index (χ0n) is 15.3. The third kappa shape index (κ3) is 3.38. The van der Waals surface area contributed by atoms with Gasteiger partial charge in [0.25, 0.3) is 5.91 Å². The predicted octanol–water partition coefficient (Wildman–Crippen LogP) is 3.75. The molecule has 1 aliphatic heterocycles. The lowest BCUT2D eigenvalue weighted by molar-refractivity contribution is 0.0303. The molecule has 140 valence electrons. The molecule has 3 aromatic rings. The smallest absolute Gasteiger partial charge is 0.257 e. The van der Waals surface area contributed by atoms with Crippen LogP contribution in [0, 0.1) is 6.92 Å². The summed E-state index contributed by atoms with van der Waals surface area (Å²) in [4.78, 5) is 19.5. The number of carbonyl (C=O) groups is 1. The Labute approximate surface area is 162 Å². The zero-order valence-corrected chi connectivity index (χ0v) is 16.1. The Morgan fingerprint density at radius 1 is 1.26 bits per heavy atom. The van der Waals surface area contributed by atoms with Crippen molar-refractivity contribution in [1.29, 1.82) is 0 Å². The van der Waals surface area contributed by atoms with Crippen LogP contribution in [0.25, 0.3) is 10.9 Å². The van der Waals surface area contributed by atoms with Crippen LogP contribution < -0.4 is 5.32 Å². The fourth-order valence-electron chi connectivity index (χ4n) is 3.39. The Balaban J connectivity index is 1.77. The van der Waals surface area contributed by atoms with E-state index < -0.39 is 0 Å². The van der Waals surface area contributed by atoms with E-state index in [0.717, 1.165) is 22.3 Å². The van der Waals surface area contributed by atoms with Crippen molar-refractivity contribution in [3.63, 3.8) is 0 Å². The van der Waals surface area contributed by atoms with Gasteiger partial charge < -0.3 is 19.5 Å². The quantitative estimate of drug-likeness (QED) is 0.747. The number of amides is 1. The van der Waals surface area contributed by atoms with E-state index in [4.69, 9.17) is 16.3 Å². The average molecular weight is 385 g/mol. The zero-order chi connectivity index (χ0) is 19.0. The van der Waals surface area contributed by atoms with Gasteiger partial charge in [0.2, 0.25) is 0 Å². The summed E-state index contributed by atoms with van der Waals surface area (Å²) in [6.45, 7) is 4.37. The van der Waals surface area contributed by atoms with Gasteiger partial charge in [-0.15, -0.1) is 0 Å². The van der Waals surface area contributed by atoms with Crippen molar-refractivity contribution in [2.24, 2.45) is 7.05 Å². The number of fused-ring (bicyclic) bond motifs is 1. The first-order valence-electron chi connectivity index (χ1n) is 8.89. The van der Waals surface area contributed by atoms with E-state index in [2.05, 4.69) is 10.3 Å². The van der Waals surface area contributed by atoms with Crippen molar-refractivity contribution in [3.8, 4) is 0 Å². The van der Waals surface area contributed by atoms with Crippen LogP contribution in [0.4, 0.5) is 11.5 Å². The summed E-state index contributed by atoms with van der Waals surface area (Å²) in [7, 11) is 1.97. The van der Waals surface area contributed by atoms with E-state index in [1.165, 1.54) is 0 Å². The fraction of sp³-hybridized carbons (Fsp3) is 0.300. The van der Waals surface area contributed by atoms with Crippen LogP contribution in [0.15, 0.2) is 36.5 Å². The summed E-state index contributed by atoms with van der Waals surface area (Å²) in [5.74, 6) is 0.695. The van der Waals surface area contributed by atoms with E-state index in [9.17, 15) is 4.79 Å². The predicted molar refractivity (Wildman–Crippen MR) is 107 cm³/mol. The lowest BCUT2D eigenvalue weighted by Gasteiger charge is -2.27. The van der Waals surface area contributed by atoms with Gasteiger partial charge in [0.15, 0.2) is 0 Å². The van der Waals surface area contributed by atoms with Crippen molar-refractivity contribution < 1.29 is 9.53 Å². The van der Waals surface area contributed by atoms with E-state index in [1.807, 2.05) is 53.8 Å². The summed E-state index contributed by atoms with van der Waals surface area (Å²) >= 11 is 6.09. The van der Waals surface area contributed by atoms with Crippen LogP contribution in [0.2, 0.25) is 5.02 Å². The van der Waals surface area contributed by atoms with Crippen molar-refractivity contribution in [2.75, 3.05) is 31.6 Å². The van der Waals surface area contributed by atoms with Crippen LogP contribution in [0.1, 0.15) is 16.1 Å². The average Bonchev–Trinajstić information content (AvgIpc) is 2.98. The highest BCUT2D eigenvalue weighted by molar-refractivity contribution is 6.30. The lowest BCUT2D eigenvalue weighted by Crippen LogP contribution is -2.40. The summed E-state index contributed by atoms with van der Waals surface area (Å²) in [6, 6.07) is 9.53. The Morgan fingerprint density at radius 3 is 2.78 bits per heavy atom. The molecular formula is C20H21ClN4O2. The van der Waals surface area contributed by atoms with E-state index >= 15 is 0 Å². The van der Waals surface area contributed by atoms with Crippen LogP contribution in [0.5, 0.6) is 0 Å². The maximum Gasteiger partial charge on any atom is 0.257 e. The summed E-state index contributed by atoms with van der Waals surface area (Å²) in [6.07, 6.45) is 1.66. The molecule has 1 aliphatic rings. The number of carbonyl (C=O) groups excluding carboxylic acids is 1. The van der Waals surface area contributed by atoms with Crippen molar-refractivity contribution in [1.82, 2.24) is 14.5 Å². The molecule has 1 N–H and O–H groups in total. The van der Waals surface area contributed by atoms with Crippen LogP contribution in [-0.4, -0.2) is 46.7 Å². The highest BCUT2D eigenvalue weighted by Gasteiger charge is 2.24. The third-order valence-electron chi connectivity index (χ3n) is 4.92. The van der Waals surface area contributed by atoms with E-state index in [1.54, 1.807) is 6.20 Å². The number of halogens is 1. The van der Waals surface area contributed by atoms with Gasteiger partial charge in [-0.25, -0.2) is 4.98 Å². The SMILES string of the molecule is Cc1cc2c(Nc3cccc(Cl)c3)ncc(C(=O)N3CCOCC3)c2n1C. The first kappa shape index (κ1) is 17.8. The number of aryl methyl sites for hydroxylation is 2. The first-order valence-corrected chi connectivity index (χ1v) is 9.27. The van der Waals surface area contributed by atoms with Gasteiger partial charge in [-0.2, -0.15) is 0 Å². The maximum atomic E-state index is 13.1. The highest BCUT2D eigenvalue weighted by Crippen LogP contribution is 2.30. The second-order valence-corrected chi connectivity index (χ2v) is 7.10. The topological polar surface area (TPSA) is 59.4 Å². The number of benzene rings is 1. The number of ether oxygens (including phenoxy) is 1. The van der Waals surface area contributed by atoms with Crippen LogP contribution in [0.3, 0.4) is 0 Å². The number of nitrogens with one attached hydrogen (secondary N) is 1. The molecule has 1 fully saturated rings. The first-order chi connectivity index (χ1) is 13.0. The Morgan fingerprint density at radius 2 is 2.04 bits per heavy atom. The van der Waals surface area contributed by atoms with Gasteiger partial charge in [0.1, 0.15) is 5.82 Å². The standard InChI is InChI=1S/C20H21ClN4O2/c1-13-10-16-18(24(13)2)17(20(26)25-6-8-27-9-7-25)12-22-19(16)23-15-5-3-4-14(21)11-15/h3-5,10-12H,6-9H2,1-2H3,(H,22,23). The van der Waals surface area contributed by atoms with E-state index in [-0.39, 0.29) is 5.91 Å². The molecule has 3 heterocycles. The normalized spacial score (nSPS) is 14.6. The number of hydrogen-bond donors (Lipinski definition) is 1. The minimum Gasteiger partial charge on any atom is -0.378 e. The van der Waals surface area contributed by atoms with Crippen LogP contribution in [-0.2, 0) is 11.8 Å². The van der Waals surface area contributed by atoms with Gasteiger partial charge >= 0.3 is 0 Å². The number of aromatic nitrogens is 2. The third-order valence-corrected chi connectivity index (χ3v) is 5.16. The number of nitrogens with zero attached hydrogens (tertiary/aromatic N) is 3. The molecule has 6 nitrogen and oxygen atoms in total. The molecule has 1 amide bonds. The molecule has 1 saturated heterocycles. The molecule has 0 aliphatic carbocycles. The molecule has 0 unspecified atom stereocenters. The molecule has 0 bridgehead atoms. The molecule has 27 heavy (non-hydrogen) atoms. The Hall–Kier alpha value is -2.57. The Kier molecular flexibility index (Phi) is 4.76. The van der Waals surface area contributed by atoms with E-state index in [0.29, 0.717) is 42.7 Å².